The molecule has 0 saturated heterocycles. The summed E-state index contributed by atoms with van der Waals surface area (Å²) in [5, 5.41) is 3.73. The third kappa shape index (κ3) is 7.62. The van der Waals surface area contributed by atoms with Gasteiger partial charge in [-0.3, -0.25) is 13.9 Å². The number of amides is 2. The first-order chi connectivity index (χ1) is 20.0. The third-order valence-electron chi connectivity index (χ3n) is 7.48. The van der Waals surface area contributed by atoms with E-state index < -0.39 is 34.3 Å². The maximum Gasteiger partial charge on any atom is 0.264 e. The number of halogens is 3. The first-order valence-corrected chi connectivity index (χ1v) is 16.0. The molecule has 7 nitrogen and oxygen atoms in total. The van der Waals surface area contributed by atoms with Crippen LogP contribution < -0.4 is 9.62 Å². The molecule has 1 N–H and O–H groups in total. The van der Waals surface area contributed by atoms with Crippen molar-refractivity contribution in [2.45, 2.75) is 69.5 Å². The molecule has 224 valence electrons. The molecule has 0 unspecified atom stereocenters. The molecule has 11 heteroatoms. The minimum Gasteiger partial charge on any atom is -0.352 e. The van der Waals surface area contributed by atoms with Crippen LogP contribution in [0.1, 0.15) is 50.2 Å². The van der Waals surface area contributed by atoms with Gasteiger partial charge in [0.05, 0.1) is 10.6 Å². The van der Waals surface area contributed by atoms with Crippen molar-refractivity contribution in [2.24, 2.45) is 0 Å². The number of carbonyl (C=O) groups is 2. The van der Waals surface area contributed by atoms with E-state index >= 15 is 4.39 Å². The van der Waals surface area contributed by atoms with Gasteiger partial charge >= 0.3 is 0 Å². The smallest absolute Gasteiger partial charge is 0.264 e. The molecule has 1 aliphatic carbocycles. The van der Waals surface area contributed by atoms with Gasteiger partial charge in [0.1, 0.15) is 18.4 Å². The predicted octanol–water partition coefficient (Wildman–Crippen LogP) is 6.50. The fourth-order valence-corrected chi connectivity index (χ4v) is 6.88. The Kier molecular flexibility index (Phi) is 10.5. The van der Waals surface area contributed by atoms with Crippen molar-refractivity contribution in [2.75, 3.05) is 10.8 Å². The van der Waals surface area contributed by atoms with Gasteiger partial charge in [0.15, 0.2) is 0 Å². The van der Waals surface area contributed by atoms with Crippen LogP contribution in [0.15, 0.2) is 71.6 Å². The molecule has 42 heavy (non-hydrogen) atoms. The van der Waals surface area contributed by atoms with E-state index in [-0.39, 0.29) is 29.1 Å². The lowest BCUT2D eigenvalue weighted by Gasteiger charge is -2.33. The first kappa shape index (κ1) is 31.8. The monoisotopic (exact) mass is 633 g/mol. The number of rotatable bonds is 10. The number of nitrogens with zero attached hydrogens (tertiary/aromatic N) is 2. The number of para-hydroxylation sites is 1. The number of carbonyl (C=O) groups excluding carboxylic acids is 2. The molecule has 0 bridgehead atoms. The van der Waals surface area contributed by atoms with E-state index in [4.69, 9.17) is 23.2 Å². The Hall–Kier alpha value is -3.14. The molecule has 1 atom stereocenters. The lowest BCUT2D eigenvalue weighted by atomic mass is 9.95. The van der Waals surface area contributed by atoms with Crippen LogP contribution in [0.5, 0.6) is 0 Å². The lowest BCUT2D eigenvalue weighted by molar-refractivity contribution is -0.139. The molecule has 1 saturated carbocycles. The van der Waals surface area contributed by atoms with Gasteiger partial charge < -0.3 is 10.2 Å². The number of anilines is 1. The van der Waals surface area contributed by atoms with E-state index in [1.54, 1.807) is 31.2 Å². The minimum absolute atomic E-state index is 0.00148. The van der Waals surface area contributed by atoms with Crippen LogP contribution in [-0.2, 0) is 26.2 Å². The molecule has 3 aromatic rings. The van der Waals surface area contributed by atoms with Crippen molar-refractivity contribution in [3.63, 3.8) is 0 Å². The number of aryl methyl sites for hydroxylation is 1. The van der Waals surface area contributed by atoms with Crippen molar-refractivity contribution >= 4 is 50.7 Å². The van der Waals surface area contributed by atoms with Gasteiger partial charge in [-0.05, 0) is 68.7 Å². The van der Waals surface area contributed by atoms with Crippen molar-refractivity contribution < 1.29 is 22.4 Å². The highest BCUT2D eigenvalue weighted by Gasteiger charge is 2.34. The molecule has 4 rings (SSSR count). The zero-order chi connectivity index (χ0) is 30.4. The molecule has 1 aliphatic rings. The van der Waals surface area contributed by atoms with Gasteiger partial charge in [0.2, 0.25) is 11.8 Å². The highest BCUT2D eigenvalue weighted by atomic mass is 35.5. The molecule has 1 fully saturated rings. The predicted molar refractivity (Wildman–Crippen MR) is 164 cm³/mol. The second kappa shape index (κ2) is 13.9. The van der Waals surface area contributed by atoms with Crippen molar-refractivity contribution in [1.82, 2.24) is 10.2 Å². The number of benzene rings is 3. The maximum absolute atomic E-state index is 15.1. The van der Waals surface area contributed by atoms with Gasteiger partial charge in [-0.25, -0.2) is 12.8 Å². The topological polar surface area (TPSA) is 86.8 Å². The summed E-state index contributed by atoms with van der Waals surface area (Å²) in [6, 6.07) is 15.2. The summed E-state index contributed by atoms with van der Waals surface area (Å²) in [7, 11) is -4.38. The van der Waals surface area contributed by atoms with E-state index in [2.05, 4.69) is 5.32 Å². The summed E-state index contributed by atoms with van der Waals surface area (Å²) < 4.78 is 43.5. The van der Waals surface area contributed by atoms with E-state index in [9.17, 15) is 18.0 Å². The van der Waals surface area contributed by atoms with Crippen LogP contribution in [0.4, 0.5) is 10.1 Å². The summed E-state index contributed by atoms with van der Waals surface area (Å²) in [4.78, 5) is 28.6. The minimum atomic E-state index is -4.38. The van der Waals surface area contributed by atoms with Crippen LogP contribution in [0.2, 0.25) is 10.0 Å². The third-order valence-corrected chi connectivity index (χ3v) is 9.84. The normalized spacial score (nSPS) is 14.7. The van der Waals surface area contributed by atoms with E-state index in [0.29, 0.717) is 15.6 Å². The second-order valence-corrected chi connectivity index (χ2v) is 13.3. The number of hydrogen-bond donors (Lipinski definition) is 1. The summed E-state index contributed by atoms with van der Waals surface area (Å²) in [5.74, 6) is -1.87. The Balaban J connectivity index is 1.70. The second-order valence-electron chi connectivity index (χ2n) is 10.6. The number of hydrogen-bond acceptors (Lipinski definition) is 4. The summed E-state index contributed by atoms with van der Waals surface area (Å²) in [6.07, 6.45) is 4.84. The van der Waals surface area contributed by atoms with Crippen LogP contribution in [0.3, 0.4) is 0 Å². The van der Waals surface area contributed by atoms with Gasteiger partial charge in [-0.15, -0.1) is 0 Å². The van der Waals surface area contributed by atoms with Crippen molar-refractivity contribution in [1.29, 1.82) is 0 Å². The Morgan fingerprint density at radius 2 is 1.67 bits per heavy atom. The molecule has 2 amide bonds. The molecular weight excluding hydrogens is 600 g/mol. The van der Waals surface area contributed by atoms with Gasteiger partial charge in [-0.1, -0.05) is 78.4 Å². The number of nitrogens with one attached hydrogen (secondary N) is 1. The van der Waals surface area contributed by atoms with Gasteiger partial charge in [-0.2, -0.15) is 0 Å². The van der Waals surface area contributed by atoms with Crippen LogP contribution in [0.25, 0.3) is 0 Å². The molecule has 0 aliphatic heterocycles. The average Bonchev–Trinajstić information content (AvgIpc) is 2.96. The highest BCUT2D eigenvalue weighted by molar-refractivity contribution is 7.92. The Labute approximate surface area is 256 Å². The Bertz CT molecular complexity index is 1530. The first-order valence-electron chi connectivity index (χ1n) is 13.8. The Morgan fingerprint density at radius 3 is 2.31 bits per heavy atom. The van der Waals surface area contributed by atoms with E-state index in [0.717, 1.165) is 48.0 Å². The van der Waals surface area contributed by atoms with E-state index in [1.807, 2.05) is 6.92 Å². The van der Waals surface area contributed by atoms with Crippen molar-refractivity contribution in [3.8, 4) is 0 Å². The van der Waals surface area contributed by atoms with Crippen molar-refractivity contribution in [3.05, 3.63) is 93.7 Å². The summed E-state index contributed by atoms with van der Waals surface area (Å²) in [6.45, 7) is 2.56. The largest absolute Gasteiger partial charge is 0.352 e. The van der Waals surface area contributed by atoms with Crippen LogP contribution in [0, 0.1) is 12.7 Å². The maximum atomic E-state index is 15.1. The molecular formula is C31H34Cl2FN3O4S. The quantitative estimate of drug-likeness (QED) is 0.276. The Morgan fingerprint density at radius 1 is 1.00 bits per heavy atom. The molecule has 0 heterocycles. The van der Waals surface area contributed by atoms with Crippen LogP contribution >= 0.6 is 23.2 Å². The molecule has 3 aromatic carbocycles. The summed E-state index contributed by atoms with van der Waals surface area (Å²) >= 11 is 12.5. The SMILES string of the molecule is Cc1ccc(S(=O)(=O)N(CC(=O)N(Cc2ccc(Cl)cc2Cl)[C@@H](C)C(=O)NC2CCCCC2)c2ccccc2F)cc1. The summed E-state index contributed by atoms with van der Waals surface area (Å²) in [5.41, 5.74) is 1.08. The van der Waals surface area contributed by atoms with E-state index in [1.165, 1.54) is 41.3 Å². The fourth-order valence-electron chi connectivity index (χ4n) is 4.99. The molecule has 0 radical (unpaired) electrons. The average molecular weight is 635 g/mol. The van der Waals surface area contributed by atoms with Crippen LogP contribution in [-0.4, -0.2) is 43.8 Å². The zero-order valence-electron chi connectivity index (χ0n) is 23.5. The zero-order valence-corrected chi connectivity index (χ0v) is 25.9. The lowest BCUT2D eigenvalue weighted by Crippen LogP contribution is -2.53. The molecule has 0 spiro atoms. The molecule has 0 aromatic heterocycles. The standard InChI is InChI=1S/C31H34Cl2FN3O4S/c1-21-12-16-26(17-13-21)42(40,41)37(29-11-7-6-10-28(29)34)20-30(38)36(19-23-14-15-24(32)18-27(23)33)22(2)31(39)35-25-8-4-3-5-9-25/h6-7,10-18,22,25H,3-5,8-9,19-20H2,1-2H3,(H,35,39)/t22-/m0/s1. The number of sulfonamides is 1. The van der Waals surface area contributed by atoms with Gasteiger partial charge in [0.25, 0.3) is 10.0 Å². The van der Waals surface area contributed by atoms with Gasteiger partial charge in [0, 0.05) is 22.6 Å². The fraction of sp³-hybridized carbons (Fsp3) is 0.355. The highest BCUT2D eigenvalue weighted by Crippen LogP contribution is 2.28.